The maximum atomic E-state index is 12.5. The first-order valence-electron chi connectivity index (χ1n) is 7.63. The van der Waals surface area contributed by atoms with Gasteiger partial charge < -0.3 is 9.42 Å². The van der Waals surface area contributed by atoms with E-state index in [0.29, 0.717) is 5.82 Å². The molecule has 5 nitrogen and oxygen atoms in total. The Balaban J connectivity index is 1.78. The number of nitrogens with zero attached hydrogens (tertiary/aromatic N) is 3. The minimum absolute atomic E-state index is 0.0485. The molecule has 0 N–H and O–H groups in total. The number of rotatable bonds is 4. The average Bonchev–Trinajstić information content (AvgIpc) is 3.13. The molecule has 1 fully saturated rings. The van der Waals surface area contributed by atoms with Gasteiger partial charge in [-0.3, -0.25) is 4.79 Å². The average molecular weight is 339 g/mol. The molecule has 1 aromatic heterocycles. The molecule has 3 rings (SSSR count). The summed E-state index contributed by atoms with van der Waals surface area (Å²) in [7, 11) is 0. The van der Waals surface area contributed by atoms with Crippen molar-refractivity contribution in [1.29, 1.82) is 0 Å². The summed E-state index contributed by atoms with van der Waals surface area (Å²) in [6.45, 7) is 0.696. The van der Waals surface area contributed by atoms with Crippen LogP contribution in [0.5, 0.6) is 0 Å². The molecule has 1 aliphatic heterocycles. The summed E-state index contributed by atoms with van der Waals surface area (Å²) in [5, 5.41) is 3.93. The van der Waals surface area contributed by atoms with Gasteiger partial charge in [0.1, 0.15) is 6.54 Å². The molecule has 0 unspecified atom stereocenters. The predicted octanol–water partition coefficient (Wildman–Crippen LogP) is 3.18. The van der Waals surface area contributed by atoms with Crippen molar-refractivity contribution in [3.05, 3.63) is 35.7 Å². The Hall–Kier alpha value is -2.38. The summed E-state index contributed by atoms with van der Waals surface area (Å²) < 4.78 is 42.6. The Morgan fingerprint density at radius 3 is 2.79 bits per heavy atom. The maximum absolute atomic E-state index is 12.5. The third-order valence-corrected chi connectivity index (χ3v) is 4.01. The molecule has 128 valence electrons. The second-order valence-electron chi connectivity index (χ2n) is 5.76. The van der Waals surface area contributed by atoms with Crippen LogP contribution in [0.2, 0.25) is 0 Å². The first-order valence-corrected chi connectivity index (χ1v) is 7.63. The Labute approximate surface area is 136 Å². The van der Waals surface area contributed by atoms with E-state index in [-0.39, 0.29) is 18.9 Å². The van der Waals surface area contributed by atoms with E-state index in [1.54, 1.807) is 0 Å². The third kappa shape index (κ3) is 3.42. The van der Waals surface area contributed by atoms with E-state index in [4.69, 9.17) is 4.52 Å². The van der Waals surface area contributed by atoms with Crippen molar-refractivity contribution in [2.75, 3.05) is 13.1 Å². The van der Waals surface area contributed by atoms with Gasteiger partial charge in [-0.05, 0) is 12.0 Å². The fourth-order valence-corrected chi connectivity index (χ4v) is 2.86. The molecule has 1 saturated heterocycles. The first kappa shape index (κ1) is 16.5. The number of hydrogen-bond acceptors (Lipinski definition) is 4. The standard InChI is InChI=1S/C16H16F3N3O2/c1-2-10-5-3-4-6-12(10)14-20-15(24-21-14)11-7-13(23)22(8-11)9-16(17,18)19/h3-6,11H,2,7-9H2,1H3/t11-/m1/s1. The topological polar surface area (TPSA) is 59.2 Å². The molecular formula is C16H16F3N3O2. The van der Waals surface area contributed by atoms with Gasteiger partial charge in [-0.15, -0.1) is 0 Å². The van der Waals surface area contributed by atoms with Crippen LogP contribution in [0.3, 0.4) is 0 Å². The van der Waals surface area contributed by atoms with E-state index >= 15 is 0 Å². The van der Waals surface area contributed by atoms with E-state index < -0.39 is 24.5 Å². The molecule has 2 heterocycles. The lowest BCUT2D eigenvalue weighted by atomic mass is 10.0. The third-order valence-electron chi connectivity index (χ3n) is 4.01. The number of carbonyl (C=O) groups excluding carboxylic acids is 1. The van der Waals surface area contributed by atoms with Crippen LogP contribution < -0.4 is 0 Å². The minimum atomic E-state index is -4.41. The molecule has 1 aliphatic rings. The fraction of sp³-hybridized carbons (Fsp3) is 0.438. The SMILES string of the molecule is CCc1ccccc1-c1noc([C@@H]2CC(=O)N(CC(F)(F)F)C2)n1. The normalized spacial score (nSPS) is 18.4. The van der Waals surface area contributed by atoms with Gasteiger partial charge in [0.15, 0.2) is 0 Å². The summed E-state index contributed by atoms with van der Waals surface area (Å²) in [4.78, 5) is 16.8. The Morgan fingerprint density at radius 1 is 1.33 bits per heavy atom. The van der Waals surface area contributed by atoms with Crippen LogP contribution in [0.25, 0.3) is 11.4 Å². The number of halogens is 3. The molecule has 1 amide bonds. The zero-order valence-electron chi connectivity index (χ0n) is 13.0. The second kappa shape index (κ2) is 6.26. The number of aryl methyl sites for hydroxylation is 1. The number of hydrogen-bond donors (Lipinski definition) is 0. The Kier molecular flexibility index (Phi) is 4.29. The molecule has 1 atom stereocenters. The van der Waals surface area contributed by atoms with Crippen LogP contribution in [0.1, 0.15) is 30.7 Å². The second-order valence-corrected chi connectivity index (χ2v) is 5.76. The van der Waals surface area contributed by atoms with Gasteiger partial charge >= 0.3 is 6.18 Å². The molecule has 2 aromatic rings. The molecular weight excluding hydrogens is 323 g/mol. The van der Waals surface area contributed by atoms with E-state index in [1.807, 2.05) is 31.2 Å². The smallest absolute Gasteiger partial charge is 0.339 e. The molecule has 1 aromatic carbocycles. The van der Waals surface area contributed by atoms with Crippen molar-refractivity contribution in [3.8, 4) is 11.4 Å². The van der Waals surface area contributed by atoms with Crippen LogP contribution in [-0.4, -0.2) is 40.2 Å². The molecule has 0 spiro atoms. The van der Waals surface area contributed by atoms with Gasteiger partial charge in [0, 0.05) is 18.5 Å². The number of likely N-dealkylation sites (tertiary alicyclic amines) is 1. The van der Waals surface area contributed by atoms with E-state index in [1.165, 1.54) is 0 Å². The fourth-order valence-electron chi connectivity index (χ4n) is 2.86. The van der Waals surface area contributed by atoms with Crippen molar-refractivity contribution in [2.45, 2.75) is 31.9 Å². The highest BCUT2D eigenvalue weighted by Gasteiger charge is 2.40. The van der Waals surface area contributed by atoms with Crippen LogP contribution >= 0.6 is 0 Å². The van der Waals surface area contributed by atoms with Crippen molar-refractivity contribution in [1.82, 2.24) is 15.0 Å². The highest BCUT2D eigenvalue weighted by molar-refractivity contribution is 5.79. The molecule has 0 bridgehead atoms. The molecule has 0 radical (unpaired) electrons. The van der Waals surface area contributed by atoms with Crippen LogP contribution in [0.15, 0.2) is 28.8 Å². The van der Waals surface area contributed by atoms with E-state index in [2.05, 4.69) is 10.1 Å². The highest BCUT2D eigenvalue weighted by Crippen LogP contribution is 2.31. The maximum Gasteiger partial charge on any atom is 0.406 e. The highest BCUT2D eigenvalue weighted by atomic mass is 19.4. The van der Waals surface area contributed by atoms with E-state index in [0.717, 1.165) is 22.4 Å². The number of benzene rings is 1. The largest absolute Gasteiger partial charge is 0.406 e. The summed E-state index contributed by atoms with van der Waals surface area (Å²) in [5.74, 6) is -0.459. The lowest BCUT2D eigenvalue weighted by Gasteiger charge is -2.17. The quantitative estimate of drug-likeness (QED) is 0.858. The number of alkyl halides is 3. The van der Waals surface area contributed by atoms with Gasteiger partial charge in [-0.1, -0.05) is 36.3 Å². The lowest BCUT2D eigenvalue weighted by molar-refractivity contribution is -0.157. The zero-order chi connectivity index (χ0) is 17.3. The van der Waals surface area contributed by atoms with Crippen LogP contribution in [0, 0.1) is 0 Å². The number of aromatic nitrogens is 2. The van der Waals surface area contributed by atoms with E-state index in [9.17, 15) is 18.0 Å². The van der Waals surface area contributed by atoms with Gasteiger partial charge in [0.2, 0.25) is 17.6 Å². The van der Waals surface area contributed by atoms with Gasteiger partial charge in [0.05, 0.1) is 5.92 Å². The molecule has 0 saturated carbocycles. The van der Waals surface area contributed by atoms with Crippen LogP contribution in [-0.2, 0) is 11.2 Å². The summed E-state index contributed by atoms with van der Waals surface area (Å²) in [6, 6.07) is 7.58. The minimum Gasteiger partial charge on any atom is -0.339 e. The Morgan fingerprint density at radius 2 is 2.08 bits per heavy atom. The van der Waals surface area contributed by atoms with Crippen LogP contribution in [0.4, 0.5) is 13.2 Å². The predicted molar refractivity (Wildman–Crippen MR) is 79.1 cm³/mol. The molecule has 0 aliphatic carbocycles. The van der Waals surface area contributed by atoms with Crippen molar-refractivity contribution in [2.24, 2.45) is 0 Å². The summed E-state index contributed by atoms with van der Waals surface area (Å²) >= 11 is 0. The monoisotopic (exact) mass is 339 g/mol. The van der Waals surface area contributed by atoms with Crippen molar-refractivity contribution in [3.63, 3.8) is 0 Å². The van der Waals surface area contributed by atoms with Gasteiger partial charge in [-0.25, -0.2) is 0 Å². The first-order chi connectivity index (χ1) is 11.4. The lowest BCUT2D eigenvalue weighted by Crippen LogP contribution is -2.35. The molecule has 8 heteroatoms. The molecule has 24 heavy (non-hydrogen) atoms. The van der Waals surface area contributed by atoms with Gasteiger partial charge in [0.25, 0.3) is 0 Å². The number of amides is 1. The summed E-state index contributed by atoms with van der Waals surface area (Å²) in [6.07, 6.45) is -3.67. The zero-order valence-corrected chi connectivity index (χ0v) is 13.0. The van der Waals surface area contributed by atoms with Crippen molar-refractivity contribution >= 4 is 5.91 Å². The Bertz CT molecular complexity index is 742. The number of carbonyl (C=O) groups is 1. The summed E-state index contributed by atoms with van der Waals surface area (Å²) in [5.41, 5.74) is 1.87. The van der Waals surface area contributed by atoms with Gasteiger partial charge in [-0.2, -0.15) is 18.2 Å². The van der Waals surface area contributed by atoms with Crippen molar-refractivity contribution < 1.29 is 22.5 Å².